The van der Waals surface area contributed by atoms with Gasteiger partial charge in [-0.25, -0.2) is 4.79 Å². The quantitative estimate of drug-likeness (QED) is 0.826. The van der Waals surface area contributed by atoms with Gasteiger partial charge >= 0.3 is 6.03 Å². The SMILES string of the molecule is CC[C@@H](Cc1ccc(C)cc1)N(C)CC(=O)NC(N)=O. The summed E-state index contributed by atoms with van der Waals surface area (Å²) >= 11 is 0. The minimum Gasteiger partial charge on any atom is -0.351 e. The van der Waals surface area contributed by atoms with E-state index in [4.69, 9.17) is 5.73 Å². The molecule has 0 aliphatic heterocycles. The van der Waals surface area contributed by atoms with Crippen molar-refractivity contribution in [1.29, 1.82) is 0 Å². The lowest BCUT2D eigenvalue weighted by Gasteiger charge is -2.26. The van der Waals surface area contributed by atoms with Crippen molar-refractivity contribution in [2.45, 2.75) is 32.7 Å². The molecule has 0 aromatic heterocycles. The van der Waals surface area contributed by atoms with Crippen LogP contribution in [0.1, 0.15) is 24.5 Å². The van der Waals surface area contributed by atoms with Gasteiger partial charge in [-0.2, -0.15) is 0 Å². The van der Waals surface area contributed by atoms with Gasteiger partial charge in [-0.3, -0.25) is 15.0 Å². The standard InChI is InChI=1S/C15H23N3O2/c1-4-13(9-12-7-5-11(2)6-8-12)18(3)10-14(19)17-15(16)20/h5-8,13H,4,9-10H2,1-3H3,(H3,16,17,19,20)/t13-/m0/s1. The van der Waals surface area contributed by atoms with Crippen LogP contribution in [0, 0.1) is 6.92 Å². The van der Waals surface area contributed by atoms with Crippen LogP contribution in [-0.4, -0.2) is 36.5 Å². The number of benzene rings is 1. The van der Waals surface area contributed by atoms with E-state index in [0.29, 0.717) is 0 Å². The molecular formula is C15H23N3O2. The molecule has 5 nitrogen and oxygen atoms in total. The van der Waals surface area contributed by atoms with Gasteiger partial charge in [0.05, 0.1) is 6.54 Å². The highest BCUT2D eigenvalue weighted by molar-refractivity contribution is 5.94. The lowest BCUT2D eigenvalue weighted by molar-refractivity contribution is -0.121. The van der Waals surface area contributed by atoms with E-state index in [1.54, 1.807) is 0 Å². The Bertz CT molecular complexity index is 457. The molecule has 3 N–H and O–H groups in total. The van der Waals surface area contributed by atoms with Gasteiger partial charge in [-0.15, -0.1) is 0 Å². The van der Waals surface area contributed by atoms with Crippen molar-refractivity contribution in [2.75, 3.05) is 13.6 Å². The molecule has 0 unspecified atom stereocenters. The zero-order valence-corrected chi connectivity index (χ0v) is 12.3. The molecule has 1 aromatic rings. The second-order valence-corrected chi connectivity index (χ2v) is 5.08. The Kier molecular flexibility index (Phi) is 6.18. The first-order valence-electron chi connectivity index (χ1n) is 6.77. The molecule has 1 rings (SSSR count). The number of carbonyl (C=O) groups is 2. The molecule has 0 saturated heterocycles. The van der Waals surface area contributed by atoms with Crippen LogP contribution in [0.2, 0.25) is 0 Å². The number of likely N-dealkylation sites (N-methyl/N-ethyl adjacent to an activating group) is 1. The Morgan fingerprint density at radius 3 is 2.40 bits per heavy atom. The van der Waals surface area contributed by atoms with Gasteiger partial charge < -0.3 is 5.73 Å². The molecule has 0 saturated carbocycles. The lowest BCUT2D eigenvalue weighted by Crippen LogP contribution is -2.44. The molecule has 110 valence electrons. The largest absolute Gasteiger partial charge is 0.351 e. The summed E-state index contributed by atoms with van der Waals surface area (Å²) in [6.45, 7) is 4.30. The van der Waals surface area contributed by atoms with Gasteiger partial charge in [-0.1, -0.05) is 36.8 Å². The van der Waals surface area contributed by atoms with Crippen LogP contribution in [0.4, 0.5) is 4.79 Å². The van der Waals surface area contributed by atoms with Crippen molar-refractivity contribution in [1.82, 2.24) is 10.2 Å². The summed E-state index contributed by atoms with van der Waals surface area (Å²) in [7, 11) is 1.88. The maximum atomic E-state index is 11.5. The third-order valence-corrected chi connectivity index (χ3v) is 3.34. The fourth-order valence-corrected chi connectivity index (χ4v) is 2.14. The van der Waals surface area contributed by atoms with E-state index in [-0.39, 0.29) is 18.5 Å². The van der Waals surface area contributed by atoms with Crippen molar-refractivity contribution in [3.05, 3.63) is 35.4 Å². The van der Waals surface area contributed by atoms with Crippen LogP contribution in [-0.2, 0) is 11.2 Å². The number of nitrogens with two attached hydrogens (primary N) is 1. The number of hydrogen-bond donors (Lipinski definition) is 2. The van der Waals surface area contributed by atoms with Gasteiger partial charge in [0.15, 0.2) is 0 Å². The molecule has 20 heavy (non-hydrogen) atoms. The maximum Gasteiger partial charge on any atom is 0.318 e. The topological polar surface area (TPSA) is 75.4 Å². The molecular weight excluding hydrogens is 254 g/mol. The van der Waals surface area contributed by atoms with Gasteiger partial charge in [0.25, 0.3) is 0 Å². The van der Waals surface area contributed by atoms with E-state index in [0.717, 1.165) is 12.8 Å². The highest BCUT2D eigenvalue weighted by atomic mass is 16.2. The predicted molar refractivity (Wildman–Crippen MR) is 79.3 cm³/mol. The fourth-order valence-electron chi connectivity index (χ4n) is 2.14. The number of urea groups is 1. The average Bonchev–Trinajstić information content (AvgIpc) is 2.36. The second kappa shape index (κ2) is 7.65. The van der Waals surface area contributed by atoms with Gasteiger partial charge in [0.1, 0.15) is 0 Å². The zero-order valence-electron chi connectivity index (χ0n) is 12.3. The van der Waals surface area contributed by atoms with Crippen LogP contribution in [0.15, 0.2) is 24.3 Å². The fraction of sp³-hybridized carbons (Fsp3) is 0.467. The molecule has 0 fully saturated rings. The molecule has 0 spiro atoms. The number of nitrogens with zero attached hydrogens (tertiary/aromatic N) is 1. The average molecular weight is 277 g/mol. The Morgan fingerprint density at radius 1 is 1.30 bits per heavy atom. The van der Waals surface area contributed by atoms with E-state index >= 15 is 0 Å². The number of amides is 3. The van der Waals surface area contributed by atoms with Gasteiger partial charge in [-0.05, 0) is 32.4 Å². The molecule has 0 aliphatic rings. The third-order valence-electron chi connectivity index (χ3n) is 3.34. The molecule has 3 amide bonds. The first kappa shape index (κ1) is 16.2. The smallest absolute Gasteiger partial charge is 0.318 e. The van der Waals surface area contributed by atoms with Gasteiger partial charge in [0, 0.05) is 6.04 Å². The number of imide groups is 1. The van der Waals surface area contributed by atoms with Crippen LogP contribution < -0.4 is 11.1 Å². The van der Waals surface area contributed by atoms with E-state index in [2.05, 4.69) is 43.4 Å². The molecule has 0 heterocycles. The van der Waals surface area contributed by atoms with Crippen molar-refractivity contribution < 1.29 is 9.59 Å². The zero-order chi connectivity index (χ0) is 15.1. The van der Waals surface area contributed by atoms with Crippen molar-refractivity contribution in [2.24, 2.45) is 5.73 Å². The highest BCUT2D eigenvalue weighted by Gasteiger charge is 2.16. The number of hydrogen-bond acceptors (Lipinski definition) is 3. The Balaban J connectivity index is 2.58. The molecule has 1 aromatic carbocycles. The maximum absolute atomic E-state index is 11.5. The summed E-state index contributed by atoms with van der Waals surface area (Å²) in [4.78, 5) is 24.1. The van der Waals surface area contributed by atoms with E-state index < -0.39 is 6.03 Å². The van der Waals surface area contributed by atoms with Crippen molar-refractivity contribution >= 4 is 11.9 Å². The molecule has 0 radical (unpaired) electrons. The number of primary amides is 1. The number of aryl methyl sites for hydroxylation is 1. The van der Waals surface area contributed by atoms with Gasteiger partial charge in [0.2, 0.25) is 5.91 Å². The van der Waals surface area contributed by atoms with E-state index in [9.17, 15) is 9.59 Å². The molecule has 1 atom stereocenters. The summed E-state index contributed by atoms with van der Waals surface area (Å²) in [6.07, 6.45) is 1.80. The number of carbonyl (C=O) groups excluding carboxylic acids is 2. The van der Waals surface area contributed by atoms with Crippen LogP contribution in [0.3, 0.4) is 0 Å². The Labute approximate surface area is 120 Å². The Hall–Kier alpha value is -1.88. The predicted octanol–water partition coefficient (Wildman–Crippen LogP) is 1.44. The normalized spacial score (nSPS) is 12.2. The molecule has 5 heteroatoms. The van der Waals surface area contributed by atoms with Crippen LogP contribution in [0.5, 0.6) is 0 Å². The summed E-state index contributed by atoms with van der Waals surface area (Å²) in [5.74, 6) is -0.373. The summed E-state index contributed by atoms with van der Waals surface area (Å²) in [5, 5.41) is 2.08. The monoisotopic (exact) mass is 277 g/mol. The van der Waals surface area contributed by atoms with E-state index in [1.807, 2.05) is 11.9 Å². The number of rotatable bonds is 6. The summed E-state index contributed by atoms with van der Waals surface area (Å²) in [6, 6.07) is 7.82. The summed E-state index contributed by atoms with van der Waals surface area (Å²) < 4.78 is 0. The van der Waals surface area contributed by atoms with Crippen LogP contribution in [0.25, 0.3) is 0 Å². The van der Waals surface area contributed by atoms with Crippen molar-refractivity contribution in [3.63, 3.8) is 0 Å². The highest BCUT2D eigenvalue weighted by Crippen LogP contribution is 2.11. The third kappa shape index (κ3) is 5.40. The minimum absolute atomic E-state index is 0.160. The lowest BCUT2D eigenvalue weighted by atomic mass is 10.0. The Morgan fingerprint density at radius 2 is 1.90 bits per heavy atom. The first-order chi connectivity index (χ1) is 9.42. The molecule has 0 aliphatic carbocycles. The first-order valence-corrected chi connectivity index (χ1v) is 6.77. The second-order valence-electron chi connectivity index (χ2n) is 5.08. The van der Waals surface area contributed by atoms with E-state index in [1.165, 1.54) is 11.1 Å². The minimum atomic E-state index is -0.810. The van der Waals surface area contributed by atoms with Crippen molar-refractivity contribution in [3.8, 4) is 0 Å². The molecule has 0 bridgehead atoms. The summed E-state index contributed by atoms with van der Waals surface area (Å²) in [5.41, 5.74) is 7.40. The number of nitrogens with one attached hydrogen (secondary N) is 1. The van der Waals surface area contributed by atoms with Crippen LogP contribution >= 0.6 is 0 Å².